The molecule has 25 heavy (non-hydrogen) atoms. The van der Waals surface area contributed by atoms with Crippen molar-refractivity contribution in [3.05, 3.63) is 59.5 Å². The molecular formula is C19H20N4OS. The summed E-state index contributed by atoms with van der Waals surface area (Å²) in [5.74, 6) is 0. The Kier molecular flexibility index (Phi) is 4.13. The van der Waals surface area contributed by atoms with E-state index in [1.165, 1.54) is 11.1 Å². The molecular weight excluding hydrogens is 332 g/mol. The number of fused-ring (bicyclic) bond motifs is 2. The van der Waals surface area contributed by atoms with Gasteiger partial charge in [0, 0.05) is 18.9 Å². The van der Waals surface area contributed by atoms with Gasteiger partial charge < -0.3 is 14.1 Å². The van der Waals surface area contributed by atoms with Crippen LogP contribution in [0.2, 0.25) is 0 Å². The zero-order chi connectivity index (χ0) is 17.4. The minimum absolute atomic E-state index is 0.150. The Morgan fingerprint density at radius 2 is 2.12 bits per heavy atom. The van der Waals surface area contributed by atoms with E-state index < -0.39 is 0 Å². The molecule has 4 rings (SSSR count). The van der Waals surface area contributed by atoms with Gasteiger partial charge in [-0.2, -0.15) is 16.7 Å². The van der Waals surface area contributed by atoms with Crippen LogP contribution in [0.3, 0.4) is 0 Å². The predicted molar refractivity (Wildman–Crippen MR) is 103 cm³/mol. The monoisotopic (exact) mass is 352 g/mol. The summed E-state index contributed by atoms with van der Waals surface area (Å²) in [6.45, 7) is 4.89. The number of hydrogen-bond acceptors (Lipinski definition) is 5. The molecule has 3 heterocycles. The summed E-state index contributed by atoms with van der Waals surface area (Å²) in [5, 5.41) is 3.27. The molecule has 0 aliphatic rings. The maximum atomic E-state index is 5.80. The molecule has 128 valence electrons. The third-order valence-corrected chi connectivity index (χ3v) is 5.17. The van der Waals surface area contributed by atoms with Crippen molar-refractivity contribution >= 4 is 34.5 Å². The van der Waals surface area contributed by atoms with Crippen LogP contribution in [0.5, 0.6) is 0 Å². The molecule has 5 nitrogen and oxygen atoms in total. The Labute approximate surface area is 150 Å². The largest absolute Gasteiger partial charge is 0.424 e. The summed E-state index contributed by atoms with van der Waals surface area (Å²) in [6.07, 6.45) is 6.26. The number of nitrogens with zero attached hydrogens (tertiary/aromatic N) is 3. The number of aryl methyl sites for hydroxylation is 1. The number of benzene rings is 1. The molecule has 3 aromatic heterocycles. The van der Waals surface area contributed by atoms with Crippen molar-refractivity contribution in [1.82, 2.24) is 14.4 Å². The van der Waals surface area contributed by atoms with Crippen LogP contribution in [-0.4, -0.2) is 27.2 Å². The van der Waals surface area contributed by atoms with Gasteiger partial charge in [-0.3, -0.25) is 0 Å². The molecule has 6 heteroatoms. The van der Waals surface area contributed by atoms with Crippen molar-refractivity contribution < 1.29 is 4.42 Å². The van der Waals surface area contributed by atoms with Crippen LogP contribution in [-0.2, 0) is 0 Å². The summed E-state index contributed by atoms with van der Waals surface area (Å²) in [6, 6.07) is 11.0. The maximum Gasteiger partial charge on any atom is 0.295 e. The van der Waals surface area contributed by atoms with Gasteiger partial charge >= 0.3 is 0 Å². The molecule has 0 bridgehead atoms. The normalized spacial score (nSPS) is 12.8. The van der Waals surface area contributed by atoms with Gasteiger partial charge in [0.2, 0.25) is 0 Å². The van der Waals surface area contributed by atoms with E-state index in [1.807, 2.05) is 13.0 Å². The summed E-state index contributed by atoms with van der Waals surface area (Å²) in [5.41, 5.74) is 6.06. The van der Waals surface area contributed by atoms with Crippen molar-refractivity contribution in [1.29, 1.82) is 0 Å². The zero-order valence-corrected chi connectivity index (χ0v) is 15.3. The van der Waals surface area contributed by atoms with E-state index in [4.69, 9.17) is 9.40 Å². The first-order chi connectivity index (χ1) is 12.2. The molecule has 0 spiro atoms. The van der Waals surface area contributed by atoms with E-state index in [2.05, 4.69) is 64.5 Å². The van der Waals surface area contributed by atoms with Crippen molar-refractivity contribution in [2.24, 2.45) is 0 Å². The topological polar surface area (TPSA) is 55.4 Å². The lowest BCUT2D eigenvalue weighted by Crippen LogP contribution is -1.96. The zero-order valence-electron chi connectivity index (χ0n) is 14.5. The van der Waals surface area contributed by atoms with Crippen LogP contribution in [0, 0.1) is 6.92 Å². The van der Waals surface area contributed by atoms with Crippen LogP contribution in [0.1, 0.15) is 29.0 Å². The summed E-state index contributed by atoms with van der Waals surface area (Å²) >= 11 is 1.77. The highest BCUT2D eigenvalue weighted by Gasteiger charge is 2.18. The second-order valence-corrected chi connectivity index (χ2v) is 6.97. The number of thioether (sulfide) groups is 1. The molecule has 1 atom stereocenters. The number of oxazole rings is 1. The van der Waals surface area contributed by atoms with Gasteiger partial charge in [0.05, 0.1) is 10.9 Å². The molecule has 0 saturated carbocycles. The SMILES string of the molecule is CCNc1nc2ccc(C(SC)c3cn4ccc(C)cc4n3)cc2o1. The average Bonchev–Trinajstić information content (AvgIpc) is 3.18. The van der Waals surface area contributed by atoms with Gasteiger partial charge in [-0.05, 0) is 55.5 Å². The summed E-state index contributed by atoms with van der Waals surface area (Å²) in [7, 11) is 0. The molecule has 0 aliphatic heterocycles. The first kappa shape index (κ1) is 16.0. The second-order valence-electron chi connectivity index (χ2n) is 6.03. The fourth-order valence-corrected chi connectivity index (χ4v) is 3.76. The Morgan fingerprint density at radius 1 is 1.24 bits per heavy atom. The third-order valence-electron chi connectivity index (χ3n) is 4.18. The number of hydrogen-bond donors (Lipinski definition) is 1. The van der Waals surface area contributed by atoms with E-state index >= 15 is 0 Å². The Hall–Kier alpha value is -2.47. The van der Waals surface area contributed by atoms with Crippen LogP contribution < -0.4 is 5.32 Å². The van der Waals surface area contributed by atoms with Crippen molar-refractivity contribution in [3.8, 4) is 0 Å². The van der Waals surface area contributed by atoms with Gasteiger partial charge in [-0.15, -0.1) is 0 Å². The van der Waals surface area contributed by atoms with Gasteiger partial charge in [-0.1, -0.05) is 6.07 Å². The summed E-state index contributed by atoms with van der Waals surface area (Å²) in [4.78, 5) is 9.26. The fraction of sp³-hybridized carbons (Fsp3) is 0.263. The highest BCUT2D eigenvalue weighted by atomic mass is 32.2. The average molecular weight is 352 g/mol. The van der Waals surface area contributed by atoms with E-state index in [9.17, 15) is 0 Å². The van der Waals surface area contributed by atoms with Gasteiger partial charge in [0.25, 0.3) is 6.01 Å². The van der Waals surface area contributed by atoms with E-state index in [1.54, 1.807) is 11.8 Å². The van der Waals surface area contributed by atoms with Crippen LogP contribution in [0.25, 0.3) is 16.7 Å². The number of aromatic nitrogens is 3. The quantitative estimate of drug-likeness (QED) is 0.566. The first-order valence-corrected chi connectivity index (χ1v) is 9.59. The Bertz CT molecular complexity index is 1040. The lowest BCUT2D eigenvalue weighted by molar-refractivity contribution is 0.616. The predicted octanol–water partition coefficient (Wildman–Crippen LogP) is 4.67. The number of anilines is 1. The van der Waals surface area contributed by atoms with Crippen LogP contribution >= 0.6 is 11.8 Å². The second kappa shape index (κ2) is 6.44. The van der Waals surface area contributed by atoms with Crippen molar-refractivity contribution in [2.45, 2.75) is 19.1 Å². The Morgan fingerprint density at radius 3 is 2.92 bits per heavy atom. The molecule has 1 aromatic carbocycles. The fourth-order valence-electron chi connectivity index (χ4n) is 2.99. The van der Waals surface area contributed by atoms with Gasteiger partial charge in [0.1, 0.15) is 11.2 Å². The highest BCUT2D eigenvalue weighted by Crippen LogP contribution is 2.35. The number of rotatable bonds is 5. The van der Waals surface area contributed by atoms with E-state index in [0.717, 1.165) is 29.0 Å². The molecule has 0 radical (unpaired) electrons. The van der Waals surface area contributed by atoms with Crippen LogP contribution in [0.15, 0.2) is 47.1 Å². The maximum absolute atomic E-state index is 5.80. The molecule has 0 saturated heterocycles. The summed E-state index contributed by atoms with van der Waals surface area (Å²) < 4.78 is 7.87. The molecule has 0 amide bonds. The molecule has 0 aliphatic carbocycles. The number of pyridine rings is 1. The minimum Gasteiger partial charge on any atom is -0.424 e. The minimum atomic E-state index is 0.150. The molecule has 0 fully saturated rings. The Balaban J connectivity index is 1.74. The smallest absolute Gasteiger partial charge is 0.295 e. The van der Waals surface area contributed by atoms with E-state index in [0.29, 0.717) is 6.01 Å². The van der Waals surface area contributed by atoms with Crippen molar-refractivity contribution in [2.75, 3.05) is 18.1 Å². The van der Waals surface area contributed by atoms with Crippen LogP contribution in [0.4, 0.5) is 6.01 Å². The number of nitrogens with one attached hydrogen (secondary N) is 1. The molecule has 4 aromatic rings. The lowest BCUT2D eigenvalue weighted by Gasteiger charge is -2.11. The highest BCUT2D eigenvalue weighted by molar-refractivity contribution is 7.99. The lowest BCUT2D eigenvalue weighted by atomic mass is 10.1. The molecule has 1 unspecified atom stereocenters. The third kappa shape index (κ3) is 2.98. The number of imidazole rings is 1. The van der Waals surface area contributed by atoms with Gasteiger partial charge in [0.15, 0.2) is 5.58 Å². The van der Waals surface area contributed by atoms with E-state index in [-0.39, 0.29) is 5.25 Å². The first-order valence-electron chi connectivity index (χ1n) is 8.30. The standard InChI is InChI=1S/C19H20N4OS/c1-4-20-19-22-14-6-5-13(10-16(14)24-19)18(25-3)15-11-23-8-7-12(2)9-17(23)21-15/h5-11,18H,4H2,1-3H3,(H,20,22). The van der Waals surface area contributed by atoms with Gasteiger partial charge in [-0.25, -0.2) is 4.98 Å². The molecule has 1 N–H and O–H groups in total. The van der Waals surface area contributed by atoms with Crippen molar-refractivity contribution in [3.63, 3.8) is 0 Å².